The second-order valence-electron chi connectivity index (χ2n) is 6.20. The van der Waals surface area contributed by atoms with Gasteiger partial charge in [0.2, 0.25) is 5.90 Å². The molecule has 0 spiro atoms. The zero-order chi connectivity index (χ0) is 20.2. The number of halogens is 2. The van der Waals surface area contributed by atoms with Gasteiger partial charge in [0.1, 0.15) is 5.75 Å². The summed E-state index contributed by atoms with van der Waals surface area (Å²) in [6, 6.07) is 23.5. The van der Waals surface area contributed by atoms with Gasteiger partial charge in [0.15, 0.2) is 5.70 Å². The molecule has 3 aromatic carbocycles. The normalized spacial score (nSPS) is 14.8. The van der Waals surface area contributed by atoms with E-state index in [1.165, 1.54) is 12.1 Å². The number of ether oxygens (including phenoxy) is 2. The zero-order valence-corrected chi connectivity index (χ0v) is 15.1. The molecule has 0 atom stereocenters. The molecule has 0 aromatic heterocycles. The highest BCUT2D eigenvalue weighted by Crippen LogP contribution is 2.26. The van der Waals surface area contributed by atoms with E-state index in [1.807, 2.05) is 54.6 Å². The fraction of sp³-hybridized carbons (Fsp3) is 0.0435. The lowest BCUT2D eigenvalue weighted by Crippen LogP contribution is -2.05. The van der Waals surface area contributed by atoms with E-state index in [1.54, 1.807) is 18.2 Å². The molecule has 0 unspecified atom stereocenters. The summed E-state index contributed by atoms with van der Waals surface area (Å²) in [5.74, 6) is -0.536. The fourth-order valence-electron chi connectivity index (χ4n) is 2.92. The molecule has 144 valence electrons. The molecule has 29 heavy (non-hydrogen) atoms. The predicted octanol–water partition coefficient (Wildman–Crippen LogP) is 5.30. The molecule has 0 N–H and O–H groups in total. The van der Waals surface area contributed by atoms with Crippen LogP contribution >= 0.6 is 0 Å². The van der Waals surface area contributed by atoms with E-state index in [4.69, 9.17) is 4.74 Å². The van der Waals surface area contributed by atoms with E-state index in [0.29, 0.717) is 11.1 Å². The summed E-state index contributed by atoms with van der Waals surface area (Å²) >= 11 is 0. The molecule has 0 saturated carbocycles. The molecule has 4 rings (SSSR count). The van der Waals surface area contributed by atoms with E-state index in [0.717, 1.165) is 11.1 Å². The number of cyclic esters (lactones) is 1. The summed E-state index contributed by atoms with van der Waals surface area (Å²) in [5, 5.41) is 0. The van der Waals surface area contributed by atoms with Gasteiger partial charge in [-0.2, -0.15) is 8.78 Å². The quantitative estimate of drug-likeness (QED) is 0.438. The smallest absolute Gasteiger partial charge is 0.387 e. The number of benzene rings is 3. The van der Waals surface area contributed by atoms with Crippen LogP contribution in [0.15, 0.2) is 89.6 Å². The van der Waals surface area contributed by atoms with Crippen LogP contribution in [-0.2, 0) is 9.53 Å². The maximum absolute atomic E-state index is 12.6. The van der Waals surface area contributed by atoms with Crippen LogP contribution in [0.2, 0.25) is 0 Å². The molecule has 0 bridgehead atoms. The Hall–Kier alpha value is -3.80. The van der Waals surface area contributed by atoms with Crippen molar-refractivity contribution >= 4 is 17.9 Å². The Morgan fingerprint density at radius 1 is 0.828 bits per heavy atom. The lowest BCUT2D eigenvalue weighted by atomic mass is 10.0. The summed E-state index contributed by atoms with van der Waals surface area (Å²) in [4.78, 5) is 16.4. The number of nitrogens with zero attached hydrogens (tertiary/aromatic N) is 1. The third kappa shape index (κ3) is 4.21. The number of alkyl halides is 2. The Labute approximate surface area is 165 Å². The monoisotopic (exact) mass is 391 g/mol. The van der Waals surface area contributed by atoms with Crippen molar-refractivity contribution in [3.63, 3.8) is 0 Å². The van der Waals surface area contributed by atoms with Crippen molar-refractivity contribution < 1.29 is 23.0 Å². The van der Waals surface area contributed by atoms with E-state index in [-0.39, 0.29) is 17.3 Å². The van der Waals surface area contributed by atoms with Gasteiger partial charge in [0.05, 0.1) is 0 Å². The number of hydrogen-bond donors (Lipinski definition) is 0. The van der Waals surface area contributed by atoms with Gasteiger partial charge in [-0.25, -0.2) is 9.79 Å². The predicted molar refractivity (Wildman–Crippen MR) is 106 cm³/mol. The Balaban J connectivity index is 1.61. The lowest BCUT2D eigenvalue weighted by molar-refractivity contribution is -0.129. The SMILES string of the molecule is O=C1OC(c2ccc(-c3ccccc3)cc2)=N/C1=C/c1ccccc1OC(F)F. The van der Waals surface area contributed by atoms with Crippen LogP contribution in [0.3, 0.4) is 0 Å². The highest BCUT2D eigenvalue weighted by molar-refractivity contribution is 6.13. The molecule has 0 radical (unpaired) electrons. The Bertz CT molecular complexity index is 1090. The van der Waals surface area contributed by atoms with Gasteiger partial charge in [-0.3, -0.25) is 0 Å². The summed E-state index contributed by atoms with van der Waals surface area (Å²) in [6.07, 6.45) is 1.37. The second kappa shape index (κ2) is 8.06. The van der Waals surface area contributed by atoms with Crippen LogP contribution in [0.25, 0.3) is 17.2 Å². The summed E-state index contributed by atoms with van der Waals surface area (Å²) in [7, 11) is 0. The van der Waals surface area contributed by atoms with Gasteiger partial charge in [-0.15, -0.1) is 0 Å². The summed E-state index contributed by atoms with van der Waals surface area (Å²) in [5.41, 5.74) is 3.05. The average molecular weight is 391 g/mol. The van der Waals surface area contributed by atoms with Gasteiger partial charge in [0.25, 0.3) is 0 Å². The topological polar surface area (TPSA) is 47.9 Å². The van der Waals surface area contributed by atoms with Crippen LogP contribution in [0.4, 0.5) is 8.78 Å². The molecule has 0 aliphatic carbocycles. The molecule has 1 aliphatic heterocycles. The molecular formula is C23H15F2NO3. The Morgan fingerprint density at radius 2 is 1.45 bits per heavy atom. The van der Waals surface area contributed by atoms with Gasteiger partial charge < -0.3 is 9.47 Å². The molecule has 3 aromatic rings. The van der Waals surface area contributed by atoms with Crippen LogP contribution in [0, 0.1) is 0 Å². The zero-order valence-electron chi connectivity index (χ0n) is 15.1. The molecule has 0 fully saturated rings. The molecule has 1 aliphatic rings. The number of aliphatic imine (C=N–C) groups is 1. The third-order valence-corrected chi connectivity index (χ3v) is 4.29. The first-order chi connectivity index (χ1) is 14.1. The molecule has 0 amide bonds. The number of para-hydroxylation sites is 1. The first-order valence-corrected chi connectivity index (χ1v) is 8.82. The Morgan fingerprint density at radius 3 is 2.17 bits per heavy atom. The number of rotatable bonds is 5. The molecule has 6 heteroatoms. The number of carbonyl (C=O) groups is 1. The van der Waals surface area contributed by atoms with Crippen molar-refractivity contribution in [1.29, 1.82) is 0 Å². The van der Waals surface area contributed by atoms with Crippen molar-refractivity contribution in [3.05, 3.63) is 95.7 Å². The maximum atomic E-state index is 12.6. The van der Waals surface area contributed by atoms with Crippen LogP contribution < -0.4 is 4.74 Å². The maximum Gasteiger partial charge on any atom is 0.387 e. The van der Waals surface area contributed by atoms with Crippen molar-refractivity contribution in [2.75, 3.05) is 0 Å². The Kier molecular flexibility index (Phi) is 5.16. The summed E-state index contributed by atoms with van der Waals surface area (Å²) in [6.45, 7) is -2.97. The molecule has 1 heterocycles. The van der Waals surface area contributed by atoms with Gasteiger partial charge in [-0.1, -0.05) is 60.7 Å². The van der Waals surface area contributed by atoms with Crippen LogP contribution in [0.1, 0.15) is 11.1 Å². The van der Waals surface area contributed by atoms with E-state index < -0.39 is 12.6 Å². The van der Waals surface area contributed by atoms with Crippen LogP contribution in [0.5, 0.6) is 5.75 Å². The third-order valence-electron chi connectivity index (χ3n) is 4.29. The van der Waals surface area contributed by atoms with Gasteiger partial charge in [-0.05, 0) is 35.4 Å². The first-order valence-electron chi connectivity index (χ1n) is 8.82. The first kappa shape index (κ1) is 18.6. The number of hydrogen-bond acceptors (Lipinski definition) is 4. The highest BCUT2D eigenvalue weighted by Gasteiger charge is 2.24. The largest absolute Gasteiger partial charge is 0.434 e. The van der Waals surface area contributed by atoms with E-state index in [9.17, 15) is 13.6 Å². The second-order valence-corrected chi connectivity index (χ2v) is 6.20. The highest BCUT2D eigenvalue weighted by atomic mass is 19.3. The van der Waals surface area contributed by atoms with Crippen molar-refractivity contribution in [2.24, 2.45) is 4.99 Å². The van der Waals surface area contributed by atoms with Crippen molar-refractivity contribution in [2.45, 2.75) is 6.61 Å². The van der Waals surface area contributed by atoms with Gasteiger partial charge in [0, 0.05) is 11.1 Å². The molecule has 0 saturated heterocycles. The minimum absolute atomic E-state index is 0.0115. The van der Waals surface area contributed by atoms with E-state index >= 15 is 0 Å². The van der Waals surface area contributed by atoms with Crippen molar-refractivity contribution in [3.8, 4) is 16.9 Å². The number of esters is 1. The average Bonchev–Trinajstić information content (AvgIpc) is 3.10. The number of carbonyl (C=O) groups excluding carboxylic acids is 1. The summed E-state index contributed by atoms with van der Waals surface area (Å²) < 4.78 is 34.9. The minimum atomic E-state index is -2.97. The fourth-order valence-corrected chi connectivity index (χ4v) is 2.92. The minimum Gasteiger partial charge on any atom is -0.434 e. The van der Waals surface area contributed by atoms with Crippen LogP contribution in [-0.4, -0.2) is 18.5 Å². The van der Waals surface area contributed by atoms with Gasteiger partial charge >= 0.3 is 12.6 Å². The van der Waals surface area contributed by atoms with E-state index in [2.05, 4.69) is 9.73 Å². The molecular weight excluding hydrogens is 376 g/mol. The van der Waals surface area contributed by atoms with Crippen molar-refractivity contribution in [1.82, 2.24) is 0 Å². The molecule has 4 nitrogen and oxygen atoms in total. The lowest BCUT2D eigenvalue weighted by Gasteiger charge is -2.07. The standard InChI is InChI=1S/C23H15F2NO3/c24-23(25)28-20-9-5-4-8-18(20)14-19-22(27)29-21(26-19)17-12-10-16(11-13-17)15-6-2-1-3-7-15/h1-14,23H/b19-14+.